The Morgan fingerprint density at radius 2 is 1.66 bits per heavy atom. The van der Waals surface area contributed by atoms with Crippen LogP contribution in [0.25, 0.3) is 20.5 Å². The van der Waals surface area contributed by atoms with Crippen molar-refractivity contribution in [1.29, 1.82) is 0 Å². The third-order valence-electron chi connectivity index (χ3n) is 6.32. The minimum atomic E-state index is -4.82. The van der Waals surface area contributed by atoms with Crippen molar-refractivity contribution in [1.82, 2.24) is 0 Å². The van der Waals surface area contributed by atoms with Crippen molar-refractivity contribution >= 4 is 27.4 Å². The summed E-state index contributed by atoms with van der Waals surface area (Å²) in [7, 11) is 0. The predicted octanol–water partition coefficient (Wildman–Crippen LogP) is 9.89. The highest BCUT2D eigenvalue weighted by molar-refractivity contribution is 7.22. The van der Waals surface area contributed by atoms with Crippen molar-refractivity contribution in [3.8, 4) is 21.9 Å². The Morgan fingerprint density at radius 1 is 0.927 bits per heavy atom. The number of halogens is 5. The molecular formula is C31H35F5O4S. The van der Waals surface area contributed by atoms with Gasteiger partial charge in [-0.2, -0.15) is 0 Å². The molecule has 0 saturated carbocycles. The Kier molecular flexibility index (Phi) is 11.6. The van der Waals surface area contributed by atoms with Gasteiger partial charge >= 0.3 is 12.3 Å². The molecule has 0 atom stereocenters. The van der Waals surface area contributed by atoms with E-state index in [-0.39, 0.29) is 43.8 Å². The molecule has 0 aliphatic carbocycles. The average molecular weight is 599 g/mol. The van der Waals surface area contributed by atoms with Crippen LogP contribution in [0.1, 0.15) is 64.4 Å². The van der Waals surface area contributed by atoms with Gasteiger partial charge in [0.15, 0.2) is 0 Å². The number of unbranched alkanes of at least 4 members (excludes halogenated alkanes) is 2. The maximum absolute atomic E-state index is 14.2. The number of aryl methyl sites for hydroxylation is 1. The summed E-state index contributed by atoms with van der Waals surface area (Å²) >= 11 is 1.30. The predicted molar refractivity (Wildman–Crippen MR) is 152 cm³/mol. The number of carbonyl (C=O) groups is 1. The maximum atomic E-state index is 14.2. The van der Waals surface area contributed by atoms with Crippen LogP contribution in [-0.4, -0.2) is 31.5 Å². The summed E-state index contributed by atoms with van der Waals surface area (Å²) in [6.45, 7) is 6.98. The molecule has 1 heterocycles. The van der Waals surface area contributed by atoms with Gasteiger partial charge in [0.25, 0.3) is 0 Å². The van der Waals surface area contributed by atoms with Gasteiger partial charge in [0.05, 0.1) is 13.2 Å². The zero-order chi connectivity index (χ0) is 30.0. The van der Waals surface area contributed by atoms with Gasteiger partial charge in [-0.1, -0.05) is 32.4 Å². The lowest BCUT2D eigenvalue weighted by atomic mass is 10.0. The van der Waals surface area contributed by atoms with Gasteiger partial charge < -0.3 is 14.2 Å². The lowest BCUT2D eigenvalue weighted by Gasteiger charge is -2.16. The summed E-state index contributed by atoms with van der Waals surface area (Å²) in [5.41, 5.74) is 1.36. The van der Waals surface area contributed by atoms with Crippen molar-refractivity contribution < 1.29 is 41.0 Å². The number of benzene rings is 2. The van der Waals surface area contributed by atoms with Gasteiger partial charge in [-0.25, -0.2) is 13.6 Å². The molecule has 0 N–H and O–H groups in total. The molecule has 0 spiro atoms. The first-order chi connectivity index (χ1) is 19.4. The molecule has 0 saturated heterocycles. The topological polar surface area (TPSA) is 44.8 Å². The molecule has 41 heavy (non-hydrogen) atoms. The van der Waals surface area contributed by atoms with Gasteiger partial charge in [0.2, 0.25) is 5.92 Å². The van der Waals surface area contributed by atoms with E-state index < -0.39 is 24.7 Å². The Balaban J connectivity index is 1.60. The first kappa shape index (κ1) is 32.4. The largest absolute Gasteiger partial charge is 0.573 e. The molecule has 2 aromatic carbocycles. The van der Waals surface area contributed by atoms with Crippen LogP contribution in [0, 0.1) is 0 Å². The third-order valence-corrected chi connectivity index (χ3v) is 7.45. The van der Waals surface area contributed by atoms with Gasteiger partial charge in [-0.15, -0.1) is 24.5 Å². The fourth-order valence-electron chi connectivity index (χ4n) is 4.21. The first-order valence-corrected chi connectivity index (χ1v) is 14.4. The van der Waals surface area contributed by atoms with Crippen molar-refractivity contribution in [3.63, 3.8) is 0 Å². The van der Waals surface area contributed by atoms with Crippen LogP contribution in [0.4, 0.5) is 22.0 Å². The Hall–Kier alpha value is -3.14. The van der Waals surface area contributed by atoms with E-state index in [1.54, 1.807) is 30.3 Å². The molecule has 0 unspecified atom stereocenters. The number of alkyl halides is 5. The third kappa shape index (κ3) is 10.6. The highest BCUT2D eigenvalue weighted by Gasteiger charge is 2.32. The summed E-state index contributed by atoms with van der Waals surface area (Å²) in [5, 5.41) is 0.821. The fraction of sp³-hybridized carbons (Fsp3) is 0.452. The van der Waals surface area contributed by atoms with Gasteiger partial charge in [-0.3, -0.25) is 0 Å². The molecule has 0 aliphatic rings. The lowest BCUT2D eigenvalue weighted by Crippen LogP contribution is -2.18. The number of carbonyl (C=O) groups excluding carboxylic acids is 1. The van der Waals surface area contributed by atoms with E-state index in [1.165, 1.54) is 24.3 Å². The van der Waals surface area contributed by atoms with E-state index in [0.717, 1.165) is 34.9 Å². The molecule has 3 aromatic rings. The number of rotatable bonds is 16. The molecule has 0 amide bonds. The second-order valence-electron chi connectivity index (χ2n) is 9.97. The van der Waals surface area contributed by atoms with E-state index in [1.807, 2.05) is 6.07 Å². The number of ether oxygens (including phenoxy) is 3. The van der Waals surface area contributed by atoms with Crippen LogP contribution in [-0.2, 0) is 16.0 Å². The summed E-state index contributed by atoms with van der Waals surface area (Å²) in [5.74, 6) is -3.25. The van der Waals surface area contributed by atoms with Crippen molar-refractivity contribution in [3.05, 3.63) is 60.2 Å². The number of hydrogen-bond donors (Lipinski definition) is 0. The number of hydrogen-bond acceptors (Lipinski definition) is 5. The molecule has 10 heteroatoms. The van der Waals surface area contributed by atoms with Crippen LogP contribution < -0.4 is 9.47 Å². The molecule has 0 fully saturated rings. The molecule has 0 aliphatic heterocycles. The van der Waals surface area contributed by atoms with E-state index in [9.17, 15) is 26.7 Å². The van der Waals surface area contributed by atoms with Gasteiger partial charge in [-0.05, 0) is 80.0 Å². The van der Waals surface area contributed by atoms with E-state index >= 15 is 0 Å². The summed E-state index contributed by atoms with van der Waals surface area (Å²) in [6, 6.07) is 12.0. The zero-order valence-corrected chi connectivity index (χ0v) is 24.1. The highest BCUT2D eigenvalue weighted by Crippen LogP contribution is 2.41. The van der Waals surface area contributed by atoms with Crippen molar-refractivity contribution in [2.24, 2.45) is 0 Å². The molecular weight excluding hydrogens is 563 g/mol. The van der Waals surface area contributed by atoms with Crippen LogP contribution in [0.3, 0.4) is 0 Å². The van der Waals surface area contributed by atoms with Crippen LogP contribution in [0.5, 0.6) is 11.5 Å². The molecule has 0 radical (unpaired) electrons. The van der Waals surface area contributed by atoms with Gasteiger partial charge in [0.1, 0.15) is 11.5 Å². The van der Waals surface area contributed by atoms with Crippen molar-refractivity contribution in [2.45, 2.75) is 77.5 Å². The normalized spacial score (nSPS) is 12.0. The first-order valence-electron chi connectivity index (χ1n) is 13.6. The summed E-state index contributed by atoms with van der Waals surface area (Å²) in [6.07, 6.45) is -1.86. The number of thiophene rings is 1. The molecule has 3 rings (SSSR count). The lowest BCUT2D eigenvalue weighted by molar-refractivity contribution is -0.274. The smallest absolute Gasteiger partial charge is 0.494 e. The average Bonchev–Trinajstić information content (AvgIpc) is 3.31. The zero-order valence-electron chi connectivity index (χ0n) is 23.3. The van der Waals surface area contributed by atoms with E-state index in [2.05, 4.69) is 18.2 Å². The number of esters is 1. The standard InChI is InChI=1S/C31H35F5O4S/c1-4-5-6-9-22-10-13-25(26(18-22)40-31(34,35)36)28-19-23-11-12-24(20-27(23)41-28)38-16-7-14-30(32,33)15-8-17-39-29(37)21(2)3/h10-13,18-20H,2,4-9,14-17H2,1,3H3. The Morgan fingerprint density at radius 3 is 2.34 bits per heavy atom. The van der Waals surface area contributed by atoms with Crippen molar-refractivity contribution in [2.75, 3.05) is 13.2 Å². The maximum Gasteiger partial charge on any atom is 0.573 e. The van der Waals surface area contributed by atoms with Crippen LogP contribution in [0.2, 0.25) is 0 Å². The Bertz CT molecular complexity index is 1320. The number of fused-ring (bicyclic) bond motifs is 1. The second kappa shape index (κ2) is 14.7. The van der Waals surface area contributed by atoms with E-state index in [0.29, 0.717) is 22.6 Å². The van der Waals surface area contributed by atoms with E-state index in [4.69, 9.17) is 9.47 Å². The fourth-order valence-corrected chi connectivity index (χ4v) is 5.33. The monoisotopic (exact) mass is 598 g/mol. The molecule has 4 nitrogen and oxygen atoms in total. The van der Waals surface area contributed by atoms with Crippen LogP contribution in [0.15, 0.2) is 54.6 Å². The quantitative estimate of drug-likeness (QED) is 0.0713. The minimum absolute atomic E-state index is 0.0432. The molecule has 0 bridgehead atoms. The molecule has 1 aromatic heterocycles. The summed E-state index contributed by atoms with van der Waals surface area (Å²) in [4.78, 5) is 11.9. The summed E-state index contributed by atoms with van der Waals surface area (Å²) < 4.78 is 83.6. The minimum Gasteiger partial charge on any atom is -0.494 e. The van der Waals surface area contributed by atoms with Crippen LogP contribution >= 0.6 is 11.3 Å². The van der Waals surface area contributed by atoms with Gasteiger partial charge in [0, 0.05) is 33.6 Å². The molecule has 224 valence electrons. The second-order valence-corrected chi connectivity index (χ2v) is 11.1. The SMILES string of the molecule is C=C(C)C(=O)OCCCC(F)(F)CCCOc1ccc2cc(-c3ccc(CCCCC)cc3OC(F)(F)F)sc2c1. The highest BCUT2D eigenvalue weighted by atomic mass is 32.1. The Labute approximate surface area is 241 Å².